The van der Waals surface area contributed by atoms with Crippen LogP contribution in [0.2, 0.25) is 0 Å². The van der Waals surface area contributed by atoms with Gasteiger partial charge in [-0.15, -0.1) is 0 Å². The molecule has 0 aliphatic heterocycles. The minimum absolute atomic E-state index is 0.198. The Hall–Kier alpha value is -1.18. The van der Waals surface area contributed by atoms with E-state index in [2.05, 4.69) is 10.4 Å². The van der Waals surface area contributed by atoms with Crippen molar-refractivity contribution in [2.24, 2.45) is 11.8 Å². The number of sulfonamides is 1. The number of hydrogen-bond acceptors (Lipinski definition) is 5. The molecule has 100 valence electrons. The van der Waals surface area contributed by atoms with Crippen LogP contribution in [-0.2, 0) is 10.0 Å². The summed E-state index contributed by atoms with van der Waals surface area (Å²) in [7, 11) is -1.82. The largest absolute Gasteiger partial charge is 0.308 e. The highest BCUT2D eigenvalue weighted by Crippen LogP contribution is 2.28. The Kier molecular flexibility index (Phi) is 3.84. The van der Waals surface area contributed by atoms with Gasteiger partial charge in [0.25, 0.3) is 0 Å². The van der Waals surface area contributed by atoms with Crippen LogP contribution in [0.1, 0.15) is 19.3 Å². The molecular formula is C11H18N4O2S. The van der Waals surface area contributed by atoms with E-state index in [1.54, 1.807) is 13.1 Å². The average molecular weight is 270 g/mol. The lowest BCUT2D eigenvalue weighted by Gasteiger charge is -2.29. The molecule has 6 nitrogen and oxygen atoms in total. The quantitative estimate of drug-likeness (QED) is 0.610. The fourth-order valence-electron chi connectivity index (χ4n) is 1.94. The predicted octanol–water partition coefficient (Wildman–Crippen LogP) is 0.788. The number of hydrogen-bond donors (Lipinski definition) is 2. The van der Waals surface area contributed by atoms with Crippen molar-refractivity contribution in [3.63, 3.8) is 0 Å². The summed E-state index contributed by atoms with van der Waals surface area (Å²) in [5, 5.41) is 0. The molecule has 1 aromatic heterocycles. The van der Waals surface area contributed by atoms with Gasteiger partial charge in [0.1, 0.15) is 10.7 Å². The van der Waals surface area contributed by atoms with Crippen molar-refractivity contribution in [1.29, 1.82) is 0 Å². The molecule has 0 spiro atoms. The Morgan fingerprint density at radius 3 is 2.67 bits per heavy atom. The van der Waals surface area contributed by atoms with E-state index in [1.165, 1.54) is 23.0 Å². The van der Waals surface area contributed by atoms with Crippen molar-refractivity contribution in [3.05, 3.63) is 18.3 Å². The summed E-state index contributed by atoms with van der Waals surface area (Å²) in [5.74, 6) is 6.13. The van der Waals surface area contributed by atoms with Gasteiger partial charge in [-0.2, -0.15) is 0 Å². The zero-order valence-electron chi connectivity index (χ0n) is 10.3. The molecule has 0 amide bonds. The van der Waals surface area contributed by atoms with Crippen LogP contribution in [0.15, 0.2) is 23.2 Å². The van der Waals surface area contributed by atoms with Crippen molar-refractivity contribution in [1.82, 2.24) is 9.29 Å². The van der Waals surface area contributed by atoms with E-state index in [9.17, 15) is 8.42 Å². The van der Waals surface area contributed by atoms with Gasteiger partial charge in [-0.3, -0.25) is 0 Å². The summed E-state index contributed by atoms with van der Waals surface area (Å²) < 4.78 is 25.9. The molecule has 18 heavy (non-hydrogen) atoms. The minimum atomic E-state index is -3.43. The third-order valence-corrected chi connectivity index (χ3v) is 5.14. The maximum atomic E-state index is 12.2. The highest BCUT2D eigenvalue weighted by molar-refractivity contribution is 7.89. The third kappa shape index (κ3) is 2.63. The van der Waals surface area contributed by atoms with Crippen molar-refractivity contribution >= 4 is 15.8 Å². The van der Waals surface area contributed by atoms with Gasteiger partial charge in [0.05, 0.1) is 0 Å². The number of aromatic nitrogens is 1. The number of pyridine rings is 1. The van der Waals surface area contributed by atoms with Crippen molar-refractivity contribution in [2.75, 3.05) is 19.0 Å². The van der Waals surface area contributed by atoms with Gasteiger partial charge < -0.3 is 5.43 Å². The van der Waals surface area contributed by atoms with Crippen LogP contribution in [0.25, 0.3) is 0 Å². The molecule has 7 heteroatoms. The van der Waals surface area contributed by atoms with E-state index in [-0.39, 0.29) is 4.90 Å². The molecule has 3 N–H and O–H groups in total. The van der Waals surface area contributed by atoms with Crippen LogP contribution < -0.4 is 11.3 Å². The van der Waals surface area contributed by atoms with E-state index in [4.69, 9.17) is 5.84 Å². The lowest BCUT2D eigenvalue weighted by molar-refractivity contribution is 0.263. The van der Waals surface area contributed by atoms with Gasteiger partial charge in [-0.05, 0) is 30.9 Å². The zero-order valence-corrected chi connectivity index (χ0v) is 11.2. The number of nitrogens with zero attached hydrogens (tertiary/aromatic N) is 2. The van der Waals surface area contributed by atoms with Gasteiger partial charge in [0.15, 0.2) is 0 Å². The molecule has 0 atom stereocenters. The summed E-state index contributed by atoms with van der Waals surface area (Å²) in [6.45, 7) is 0.583. The number of nitrogens with two attached hydrogens (primary N) is 1. The summed E-state index contributed by atoms with van der Waals surface area (Å²) >= 11 is 0. The molecule has 0 radical (unpaired) electrons. The van der Waals surface area contributed by atoms with Gasteiger partial charge in [0, 0.05) is 19.8 Å². The second-order valence-corrected chi connectivity index (χ2v) is 6.65. The summed E-state index contributed by atoms with van der Waals surface area (Å²) in [4.78, 5) is 4.11. The van der Waals surface area contributed by atoms with Crippen LogP contribution in [0, 0.1) is 5.92 Å². The van der Waals surface area contributed by atoms with Crippen molar-refractivity contribution in [3.8, 4) is 0 Å². The van der Waals surface area contributed by atoms with E-state index < -0.39 is 10.0 Å². The summed E-state index contributed by atoms with van der Waals surface area (Å²) in [6, 6.07) is 3.05. The molecule has 0 bridgehead atoms. The Balaban J connectivity index is 2.12. The SMILES string of the molecule is CN(CC1CCC1)S(=O)(=O)c1ccc(NN)nc1. The fourth-order valence-corrected chi connectivity index (χ4v) is 3.13. The van der Waals surface area contributed by atoms with E-state index >= 15 is 0 Å². The molecule has 1 heterocycles. The first-order valence-corrected chi connectivity index (χ1v) is 7.37. The Labute approximate surface area is 107 Å². The summed E-state index contributed by atoms with van der Waals surface area (Å²) in [6.07, 6.45) is 4.76. The summed E-state index contributed by atoms with van der Waals surface area (Å²) in [5.41, 5.74) is 2.37. The number of nitrogens with one attached hydrogen (secondary N) is 1. The first-order chi connectivity index (χ1) is 8.54. The molecule has 0 saturated heterocycles. The maximum Gasteiger partial charge on any atom is 0.244 e. The lowest BCUT2D eigenvalue weighted by Crippen LogP contribution is -2.34. The Morgan fingerprint density at radius 2 is 2.22 bits per heavy atom. The normalized spacial score (nSPS) is 16.6. The van der Waals surface area contributed by atoms with Crippen LogP contribution in [0.4, 0.5) is 5.82 Å². The number of rotatable bonds is 5. The molecule has 1 aliphatic rings. The minimum Gasteiger partial charge on any atom is -0.308 e. The standard InChI is InChI=1S/C11H18N4O2S/c1-15(8-9-3-2-4-9)18(16,17)10-5-6-11(14-12)13-7-10/h5-7,9H,2-4,8,12H2,1H3,(H,13,14). The average Bonchev–Trinajstić information content (AvgIpc) is 2.33. The monoisotopic (exact) mass is 270 g/mol. The van der Waals surface area contributed by atoms with Crippen LogP contribution in [-0.4, -0.2) is 31.3 Å². The second kappa shape index (κ2) is 5.21. The first-order valence-electron chi connectivity index (χ1n) is 5.93. The number of hydrazine groups is 1. The van der Waals surface area contributed by atoms with Gasteiger partial charge >= 0.3 is 0 Å². The van der Waals surface area contributed by atoms with Crippen LogP contribution >= 0.6 is 0 Å². The smallest absolute Gasteiger partial charge is 0.244 e. The predicted molar refractivity (Wildman–Crippen MR) is 69.2 cm³/mol. The van der Waals surface area contributed by atoms with Crippen LogP contribution in [0.3, 0.4) is 0 Å². The number of anilines is 1. The first kappa shape index (κ1) is 13.3. The highest BCUT2D eigenvalue weighted by atomic mass is 32.2. The van der Waals surface area contributed by atoms with Crippen molar-refractivity contribution in [2.45, 2.75) is 24.2 Å². The van der Waals surface area contributed by atoms with Gasteiger partial charge in [-0.1, -0.05) is 6.42 Å². The molecule has 0 unspecified atom stereocenters. The Bertz CT molecular complexity index is 496. The molecule has 1 aromatic rings. The van der Waals surface area contributed by atoms with Gasteiger partial charge in [-0.25, -0.2) is 23.5 Å². The van der Waals surface area contributed by atoms with Gasteiger partial charge in [0.2, 0.25) is 10.0 Å². The van der Waals surface area contributed by atoms with E-state index in [1.807, 2.05) is 0 Å². The van der Waals surface area contributed by atoms with Crippen LogP contribution in [0.5, 0.6) is 0 Å². The Morgan fingerprint density at radius 1 is 1.50 bits per heavy atom. The zero-order chi connectivity index (χ0) is 13.2. The fraction of sp³-hybridized carbons (Fsp3) is 0.545. The lowest BCUT2D eigenvalue weighted by atomic mass is 9.86. The molecule has 1 fully saturated rings. The topological polar surface area (TPSA) is 88.3 Å². The number of nitrogen functional groups attached to an aromatic ring is 1. The van der Waals surface area contributed by atoms with E-state index in [0.717, 1.165) is 12.8 Å². The highest BCUT2D eigenvalue weighted by Gasteiger charge is 2.26. The van der Waals surface area contributed by atoms with Crippen molar-refractivity contribution < 1.29 is 8.42 Å². The molecule has 0 aromatic carbocycles. The molecular weight excluding hydrogens is 252 g/mol. The second-order valence-electron chi connectivity index (χ2n) is 4.61. The molecule has 2 rings (SSSR count). The molecule has 1 aliphatic carbocycles. The maximum absolute atomic E-state index is 12.2. The van der Waals surface area contributed by atoms with E-state index in [0.29, 0.717) is 18.3 Å². The molecule has 1 saturated carbocycles. The third-order valence-electron chi connectivity index (χ3n) is 3.33.